The van der Waals surface area contributed by atoms with E-state index < -0.39 is 5.82 Å². The van der Waals surface area contributed by atoms with Gasteiger partial charge in [0.2, 0.25) is 0 Å². The number of pyridine rings is 1. The number of ether oxygens (including phenoxy) is 2. The van der Waals surface area contributed by atoms with Crippen LogP contribution in [0, 0.1) is 5.82 Å². The average Bonchev–Trinajstić information content (AvgIpc) is 3.39. The Bertz CT molecular complexity index is 1430. The van der Waals surface area contributed by atoms with Gasteiger partial charge in [-0.05, 0) is 48.6 Å². The molecule has 0 saturated carbocycles. The molecule has 1 unspecified atom stereocenters. The maximum Gasteiger partial charge on any atom is 0.160 e. The molecule has 7 nitrogen and oxygen atoms in total. The van der Waals surface area contributed by atoms with E-state index in [1.165, 1.54) is 24.5 Å². The number of nitrogens with zero attached hydrogens (tertiary/aromatic N) is 3. The number of allylic oxidation sites excluding steroid dienone is 1. The van der Waals surface area contributed by atoms with Crippen LogP contribution < -0.4 is 10.1 Å². The zero-order valence-corrected chi connectivity index (χ0v) is 19.9. The van der Waals surface area contributed by atoms with E-state index in [0.717, 1.165) is 6.42 Å². The molecule has 9 heteroatoms. The summed E-state index contributed by atoms with van der Waals surface area (Å²) in [5.41, 5.74) is 2.59. The molecule has 2 aromatic carbocycles. The van der Waals surface area contributed by atoms with Gasteiger partial charge < -0.3 is 14.8 Å². The van der Waals surface area contributed by atoms with Gasteiger partial charge in [0.1, 0.15) is 29.8 Å². The number of rotatable bonds is 8. The van der Waals surface area contributed by atoms with Crippen LogP contribution >= 0.6 is 11.6 Å². The Kier molecular flexibility index (Phi) is 7.16. The molecule has 1 fully saturated rings. The number of carbonyl (C=O) groups is 1. The smallest absolute Gasteiger partial charge is 0.160 e. The van der Waals surface area contributed by atoms with E-state index in [0.29, 0.717) is 52.6 Å². The number of fused-ring (bicyclic) bond motifs is 1. The van der Waals surface area contributed by atoms with Crippen LogP contribution in [-0.4, -0.2) is 40.1 Å². The highest BCUT2D eigenvalue weighted by Crippen LogP contribution is 2.32. The summed E-state index contributed by atoms with van der Waals surface area (Å²) < 4.78 is 25.3. The van der Waals surface area contributed by atoms with E-state index >= 15 is 0 Å². The first kappa shape index (κ1) is 23.8. The van der Waals surface area contributed by atoms with Gasteiger partial charge in [-0.15, -0.1) is 0 Å². The highest BCUT2D eigenvalue weighted by Gasteiger charge is 2.21. The van der Waals surface area contributed by atoms with E-state index in [4.69, 9.17) is 21.1 Å². The minimum absolute atomic E-state index is 0.00110. The van der Waals surface area contributed by atoms with Gasteiger partial charge in [0.05, 0.1) is 29.4 Å². The molecule has 1 saturated heterocycles. The lowest BCUT2D eigenvalue weighted by Gasteiger charge is -2.17. The second-order valence-electron chi connectivity index (χ2n) is 8.29. The summed E-state index contributed by atoms with van der Waals surface area (Å²) in [6, 6.07) is 13.5. The molecular weight excluding hydrogens is 483 g/mol. The Labute approximate surface area is 212 Å². The highest BCUT2D eigenvalue weighted by atomic mass is 35.5. The van der Waals surface area contributed by atoms with Crippen LogP contribution in [0.25, 0.3) is 17.0 Å². The number of ketones is 1. The molecule has 1 aliphatic rings. The molecule has 182 valence electrons. The molecule has 1 atom stereocenters. The number of carbonyl (C=O) groups excluding carboxylic acids is 1. The Morgan fingerprint density at radius 3 is 2.89 bits per heavy atom. The lowest BCUT2D eigenvalue weighted by Crippen LogP contribution is -2.17. The van der Waals surface area contributed by atoms with Crippen molar-refractivity contribution < 1.29 is 18.7 Å². The summed E-state index contributed by atoms with van der Waals surface area (Å²) >= 11 is 5.93. The zero-order chi connectivity index (χ0) is 24.9. The maximum absolute atomic E-state index is 13.6. The predicted octanol–water partition coefficient (Wildman–Crippen LogP) is 5.55. The molecule has 36 heavy (non-hydrogen) atoms. The second kappa shape index (κ2) is 10.8. The first-order chi connectivity index (χ1) is 17.5. The van der Waals surface area contributed by atoms with Crippen LogP contribution in [0.15, 0.2) is 67.1 Å². The van der Waals surface area contributed by atoms with Crippen LogP contribution in [0.1, 0.15) is 17.7 Å². The number of aromatic nitrogens is 3. The van der Waals surface area contributed by atoms with E-state index in [1.807, 2.05) is 30.3 Å². The third-order valence-corrected chi connectivity index (χ3v) is 5.96. The first-order valence-electron chi connectivity index (χ1n) is 11.4. The van der Waals surface area contributed by atoms with Gasteiger partial charge in [-0.2, -0.15) is 0 Å². The fourth-order valence-electron chi connectivity index (χ4n) is 3.87. The van der Waals surface area contributed by atoms with Gasteiger partial charge >= 0.3 is 0 Å². The van der Waals surface area contributed by atoms with Gasteiger partial charge in [0, 0.05) is 41.7 Å². The SMILES string of the molecule is O=C(/C=C/c1ccccn1)Cc1cc2c(Nc3ccc(F)c(Cl)c3)ncnc2cc1OC1CCOC1. The van der Waals surface area contributed by atoms with E-state index in [-0.39, 0.29) is 23.3 Å². The van der Waals surface area contributed by atoms with Crippen molar-refractivity contribution in [1.29, 1.82) is 0 Å². The summed E-state index contributed by atoms with van der Waals surface area (Å²) in [5.74, 6) is 0.458. The molecule has 5 rings (SSSR count). The first-order valence-corrected chi connectivity index (χ1v) is 11.8. The topological polar surface area (TPSA) is 86.2 Å². The number of halogens is 2. The molecule has 4 aromatic rings. The van der Waals surface area contributed by atoms with Gasteiger partial charge in [-0.25, -0.2) is 14.4 Å². The highest BCUT2D eigenvalue weighted by molar-refractivity contribution is 6.31. The van der Waals surface area contributed by atoms with Crippen LogP contribution in [0.2, 0.25) is 5.02 Å². The summed E-state index contributed by atoms with van der Waals surface area (Å²) in [7, 11) is 0. The summed E-state index contributed by atoms with van der Waals surface area (Å²) in [6.45, 7) is 1.13. The van der Waals surface area contributed by atoms with E-state index in [2.05, 4.69) is 20.3 Å². The van der Waals surface area contributed by atoms with Crippen molar-refractivity contribution in [1.82, 2.24) is 15.0 Å². The Morgan fingerprint density at radius 2 is 2.11 bits per heavy atom. The minimum Gasteiger partial charge on any atom is -0.488 e. The molecule has 1 aliphatic heterocycles. The molecular formula is C27H22ClFN4O3. The van der Waals surface area contributed by atoms with Crippen molar-refractivity contribution in [2.24, 2.45) is 0 Å². The Balaban J connectivity index is 1.48. The van der Waals surface area contributed by atoms with Crippen molar-refractivity contribution in [3.63, 3.8) is 0 Å². The maximum atomic E-state index is 13.6. The fourth-order valence-corrected chi connectivity index (χ4v) is 4.05. The van der Waals surface area contributed by atoms with Gasteiger partial charge in [0.25, 0.3) is 0 Å². The van der Waals surface area contributed by atoms with Crippen LogP contribution in [0.5, 0.6) is 5.75 Å². The predicted molar refractivity (Wildman–Crippen MR) is 136 cm³/mol. The molecule has 0 bridgehead atoms. The summed E-state index contributed by atoms with van der Waals surface area (Å²) in [6.07, 6.45) is 7.08. The van der Waals surface area contributed by atoms with Crippen molar-refractivity contribution in [3.05, 3.63) is 89.2 Å². The standard InChI is InChI=1S/C27H22ClFN4O3/c28-23-13-19(5-7-24(23)29)33-27-22-12-17(11-20(34)6-4-18-3-1-2-9-30-18)26(14-25(22)31-16-32-27)36-21-8-10-35-15-21/h1-7,9,12-14,16,21H,8,10-11,15H2,(H,31,32,33)/b6-4+. The Hall–Kier alpha value is -3.88. The van der Waals surface area contributed by atoms with Crippen molar-refractivity contribution in [2.45, 2.75) is 18.9 Å². The van der Waals surface area contributed by atoms with Gasteiger partial charge in [-0.3, -0.25) is 9.78 Å². The monoisotopic (exact) mass is 504 g/mol. The third-order valence-electron chi connectivity index (χ3n) is 5.67. The zero-order valence-electron chi connectivity index (χ0n) is 19.2. The summed E-state index contributed by atoms with van der Waals surface area (Å²) in [5, 5.41) is 3.85. The molecule has 0 aliphatic carbocycles. The number of anilines is 2. The lowest BCUT2D eigenvalue weighted by molar-refractivity contribution is -0.114. The van der Waals surface area contributed by atoms with Gasteiger partial charge in [0.15, 0.2) is 5.78 Å². The molecule has 2 aromatic heterocycles. The second-order valence-corrected chi connectivity index (χ2v) is 8.69. The average molecular weight is 505 g/mol. The Morgan fingerprint density at radius 1 is 1.19 bits per heavy atom. The van der Waals surface area contributed by atoms with Crippen LogP contribution in [0.3, 0.4) is 0 Å². The summed E-state index contributed by atoms with van der Waals surface area (Å²) in [4.78, 5) is 25.8. The molecule has 0 radical (unpaired) electrons. The minimum atomic E-state index is -0.507. The molecule has 0 spiro atoms. The van der Waals surface area contributed by atoms with Gasteiger partial charge in [-0.1, -0.05) is 17.7 Å². The number of hydrogen-bond acceptors (Lipinski definition) is 7. The van der Waals surface area contributed by atoms with Crippen LogP contribution in [0.4, 0.5) is 15.9 Å². The lowest BCUT2D eigenvalue weighted by atomic mass is 10.0. The van der Waals surface area contributed by atoms with Crippen molar-refractivity contribution in [3.8, 4) is 5.75 Å². The van der Waals surface area contributed by atoms with Crippen molar-refractivity contribution in [2.75, 3.05) is 18.5 Å². The third kappa shape index (κ3) is 5.67. The fraction of sp³-hybridized carbons (Fsp3) is 0.185. The number of nitrogens with one attached hydrogen (secondary N) is 1. The van der Waals surface area contributed by atoms with Crippen LogP contribution in [-0.2, 0) is 16.0 Å². The molecule has 0 amide bonds. The number of hydrogen-bond donors (Lipinski definition) is 1. The normalized spacial score (nSPS) is 15.4. The van der Waals surface area contributed by atoms with E-state index in [1.54, 1.807) is 18.3 Å². The largest absolute Gasteiger partial charge is 0.488 e. The van der Waals surface area contributed by atoms with E-state index in [9.17, 15) is 9.18 Å². The molecule has 1 N–H and O–H groups in total. The number of benzene rings is 2. The molecule has 3 heterocycles. The van der Waals surface area contributed by atoms with Crippen molar-refractivity contribution >= 4 is 45.9 Å². The quantitative estimate of drug-likeness (QED) is 0.315.